The Kier molecular flexibility index (Phi) is 5.78. The minimum Gasteiger partial charge on any atom is -0.309 e. The Morgan fingerprint density at radius 3 is 2.57 bits per heavy atom. The van der Waals surface area contributed by atoms with Gasteiger partial charge in [0.1, 0.15) is 0 Å². The lowest BCUT2D eigenvalue weighted by Gasteiger charge is -2.05. The van der Waals surface area contributed by atoms with Crippen LogP contribution in [0.25, 0.3) is 0 Å². The number of thioether (sulfide) groups is 1. The third-order valence-electron chi connectivity index (χ3n) is 2.58. The summed E-state index contributed by atoms with van der Waals surface area (Å²) in [7, 11) is 0. The zero-order valence-electron chi connectivity index (χ0n) is 11.1. The topological polar surface area (TPSA) is 59.1 Å². The van der Waals surface area contributed by atoms with E-state index in [4.69, 9.17) is 11.6 Å². The zero-order chi connectivity index (χ0) is 15.1. The van der Waals surface area contributed by atoms with Crippen LogP contribution in [0.4, 0.5) is 5.82 Å². The lowest BCUT2D eigenvalue weighted by atomic mass is 10.2. The van der Waals surface area contributed by atoms with E-state index in [1.165, 1.54) is 11.8 Å². The number of anilines is 1. The van der Waals surface area contributed by atoms with E-state index in [1.807, 2.05) is 18.2 Å². The maximum absolute atomic E-state index is 11.9. The molecule has 1 heterocycles. The van der Waals surface area contributed by atoms with Crippen LogP contribution in [0.5, 0.6) is 0 Å². The Morgan fingerprint density at radius 1 is 1.10 bits per heavy atom. The third kappa shape index (κ3) is 4.88. The van der Waals surface area contributed by atoms with Gasteiger partial charge < -0.3 is 5.32 Å². The van der Waals surface area contributed by atoms with Crippen LogP contribution >= 0.6 is 23.4 Å². The highest BCUT2D eigenvalue weighted by Crippen LogP contribution is 2.17. The second-order valence-electron chi connectivity index (χ2n) is 4.16. The highest BCUT2D eigenvalue weighted by molar-refractivity contribution is 8.00. The van der Waals surface area contributed by atoms with Gasteiger partial charge in [-0.2, -0.15) is 0 Å². The van der Waals surface area contributed by atoms with Crippen molar-refractivity contribution in [2.45, 2.75) is 0 Å². The van der Waals surface area contributed by atoms with Crippen molar-refractivity contribution in [3.63, 3.8) is 0 Å². The molecule has 1 N–H and O–H groups in total. The molecule has 21 heavy (non-hydrogen) atoms. The lowest BCUT2D eigenvalue weighted by molar-refractivity contribution is -0.113. The SMILES string of the molecule is O=C(CSCC(=O)c1ccccc1)Nc1ncccc1Cl. The fraction of sp³-hybridized carbons (Fsp3) is 0.133. The lowest BCUT2D eigenvalue weighted by Crippen LogP contribution is -2.16. The molecule has 2 aromatic rings. The molecule has 6 heteroatoms. The van der Waals surface area contributed by atoms with Crippen LogP contribution in [0, 0.1) is 0 Å². The van der Waals surface area contributed by atoms with Crippen molar-refractivity contribution in [3.8, 4) is 0 Å². The second kappa shape index (κ2) is 7.81. The van der Waals surface area contributed by atoms with Crippen molar-refractivity contribution in [1.29, 1.82) is 0 Å². The number of aromatic nitrogens is 1. The minimum absolute atomic E-state index is 0.00395. The number of Topliss-reactive ketones (excluding diaryl/α,β-unsaturated/α-hetero) is 1. The average molecular weight is 321 g/mol. The van der Waals surface area contributed by atoms with Gasteiger partial charge in [0.2, 0.25) is 5.91 Å². The van der Waals surface area contributed by atoms with E-state index in [2.05, 4.69) is 10.3 Å². The zero-order valence-corrected chi connectivity index (χ0v) is 12.7. The van der Waals surface area contributed by atoms with E-state index in [9.17, 15) is 9.59 Å². The number of carbonyl (C=O) groups is 2. The Balaban J connectivity index is 1.77. The van der Waals surface area contributed by atoms with Crippen molar-refractivity contribution < 1.29 is 9.59 Å². The molecule has 0 bridgehead atoms. The smallest absolute Gasteiger partial charge is 0.235 e. The van der Waals surface area contributed by atoms with Crippen molar-refractivity contribution in [2.75, 3.05) is 16.8 Å². The number of rotatable bonds is 6. The van der Waals surface area contributed by atoms with E-state index in [0.717, 1.165) is 0 Å². The molecule has 0 saturated heterocycles. The number of halogens is 1. The van der Waals surface area contributed by atoms with E-state index < -0.39 is 0 Å². The van der Waals surface area contributed by atoms with E-state index in [0.29, 0.717) is 16.4 Å². The van der Waals surface area contributed by atoms with Gasteiger partial charge in [-0.1, -0.05) is 41.9 Å². The summed E-state index contributed by atoms with van der Waals surface area (Å²) in [6, 6.07) is 12.3. The molecule has 108 valence electrons. The van der Waals surface area contributed by atoms with E-state index >= 15 is 0 Å². The molecule has 1 aromatic heterocycles. The summed E-state index contributed by atoms with van der Waals surface area (Å²) in [5, 5.41) is 2.99. The molecule has 0 fully saturated rings. The van der Waals surface area contributed by atoms with Crippen molar-refractivity contribution in [2.24, 2.45) is 0 Å². The van der Waals surface area contributed by atoms with E-state index in [1.54, 1.807) is 30.5 Å². The predicted octanol–water partition coefficient (Wildman–Crippen LogP) is 3.29. The van der Waals surface area contributed by atoms with Crippen LogP contribution in [0.3, 0.4) is 0 Å². The highest BCUT2D eigenvalue weighted by atomic mass is 35.5. The quantitative estimate of drug-likeness (QED) is 0.830. The maximum atomic E-state index is 11.9. The Hall–Kier alpha value is -1.85. The van der Waals surface area contributed by atoms with Gasteiger partial charge in [-0.15, -0.1) is 11.8 Å². The molecule has 0 aliphatic rings. The molecule has 1 amide bonds. The third-order valence-corrected chi connectivity index (χ3v) is 3.82. The number of pyridine rings is 1. The number of ketones is 1. The number of nitrogens with zero attached hydrogens (tertiary/aromatic N) is 1. The largest absolute Gasteiger partial charge is 0.309 e. The first kappa shape index (κ1) is 15.5. The van der Waals surface area contributed by atoms with Crippen LogP contribution < -0.4 is 5.32 Å². The van der Waals surface area contributed by atoms with Gasteiger partial charge in [0.15, 0.2) is 11.6 Å². The summed E-state index contributed by atoms with van der Waals surface area (Å²) in [5.41, 5.74) is 0.651. The molecule has 2 rings (SSSR count). The summed E-state index contributed by atoms with van der Waals surface area (Å²) in [6.45, 7) is 0. The molecule has 0 atom stereocenters. The van der Waals surface area contributed by atoms with Gasteiger partial charge in [-0.05, 0) is 12.1 Å². The maximum Gasteiger partial charge on any atom is 0.235 e. The summed E-state index contributed by atoms with van der Waals surface area (Å²) >= 11 is 7.15. The summed E-state index contributed by atoms with van der Waals surface area (Å²) in [5.74, 6) is 0.531. The summed E-state index contributed by atoms with van der Waals surface area (Å²) in [4.78, 5) is 27.6. The molecule has 0 aliphatic carbocycles. The molecule has 0 radical (unpaired) electrons. The molecule has 0 spiro atoms. The molecule has 0 aliphatic heterocycles. The fourth-order valence-electron chi connectivity index (χ4n) is 1.59. The monoisotopic (exact) mass is 320 g/mol. The first-order valence-electron chi connectivity index (χ1n) is 6.23. The molecular formula is C15H13ClN2O2S. The van der Waals surface area contributed by atoms with Gasteiger partial charge >= 0.3 is 0 Å². The van der Waals surface area contributed by atoms with E-state index in [-0.39, 0.29) is 23.2 Å². The summed E-state index contributed by atoms with van der Waals surface area (Å²) in [6.07, 6.45) is 1.55. The first-order valence-corrected chi connectivity index (χ1v) is 7.76. The molecular weight excluding hydrogens is 308 g/mol. The standard InChI is InChI=1S/C15H13ClN2O2S/c16-12-7-4-8-17-15(12)18-14(20)10-21-9-13(19)11-5-2-1-3-6-11/h1-8H,9-10H2,(H,17,18,20). The van der Waals surface area contributed by atoms with Crippen LogP contribution in [-0.2, 0) is 4.79 Å². The van der Waals surface area contributed by atoms with Crippen LogP contribution in [0.2, 0.25) is 5.02 Å². The summed E-state index contributed by atoms with van der Waals surface area (Å²) < 4.78 is 0. The molecule has 0 saturated carbocycles. The Bertz CT molecular complexity index is 635. The van der Waals surface area contributed by atoms with Crippen molar-refractivity contribution in [3.05, 3.63) is 59.2 Å². The number of benzene rings is 1. The predicted molar refractivity (Wildman–Crippen MR) is 86.0 cm³/mol. The van der Waals surface area contributed by atoms with Crippen LogP contribution in [0.15, 0.2) is 48.7 Å². The van der Waals surface area contributed by atoms with Crippen molar-refractivity contribution >= 4 is 40.9 Å². The normalized spacial score (nSPS) is 10.1. The Morgan fingerprint density at radius 2 is 1.86 bits per heavy atom. The first-order chi connectivity index (χ1) is 10.2. The number of hydrogen-bond acceptors (Lipinski definition) is 4. The van der Waals surface area contributed by atoms with Crippen LogP contribution in [0.1, 0.15) is 10.4 Å². The Labute approximate surface area is 131 Å². The van der Waals surface area contributed by atoms with Gasteiger partial charge in [0.25, 0.3) is 0 Å². The average Bonchev–Trinajstić information content (AvgIpc) is 2.50. The number of hydrogen-bond donors (Lipinski definition) is 1. The minimum atomic E-state index is -0.235. The molecule has 1 aromatic carbocycles. The van der Waals surface area contributed by atoms with Gasteiger partial charge in [-0.25, -0.2) is 4.98 Å². The van der Waals surface area contributed by atoms with Gasteiger partial charge in [0, 0.05) is 11.8 Å². The second-order valence-corrected chi connectivity index (χ2v) is 5.56. The fourth-order valence-corrected chi connectivity index (χ4v) is 2.47. The van der Waals surface area contributed by atoms with Crippen LogP contribution in [-0.4, -0.2) is 28.2 Å². The van der Waals surface area contributed by atoms with Crippen molar-refractivity contribution in [1.82, 2.24) is 4.98 Å². The molecule has 0 unspecified atom stereocenters. The molecule has 4 nitrogen and oxygen atoms in total. The number of nitrogens with one attached hydrogen (secondary N) is 1. The van der Waals surface area contributed by atoms with Gasteiger partial charge in [0.05, 0.1) is 16.5 Å². The number of amides is 1. The number of carbonyl (C=O) groups excluding carboxylic acids is 2. The van der Waals surface area contributed by atoms with Gasteiger partial charge in [-0.3, -0.25) is 9.59 Å². The highest BCUT2D eigenvalue weighted by Gasteiger charge is 2.09.